The first-order valence-corrected chi connectivity index (χ1v) is 29.1. The number of aromatic nitrogens is 8. The SMILES string of the molecule is COC(=O)c1ccc(C#Cc2cc3cc4nc(cc5[nH]c(cc6nc(c(OC)c2[nH]3)CC6(C)C)cc5C#CC#Cc2cc3cc5nc(c(OC)c6[nH]c(cc7nc(cc2[nH]3)CC7(C)C)cc6C#Cc2ccc(C(=O)OC)cc2)CC5(C)C)CC4(C)C)cc1. The fraction of sp³-hybridized carbons (Fsp3) is 0.270. The topological polar surface area (TPSA) is 186 Å². The number of aromatic amines is 4. The van der Waals surface area contributed by atoms with E-state index in [1.54, 1.807) is 38.5 Å². The van der Waals surface area contributed by atoms with Crippen LogP contribution in [-0.4, -0.2) is 80.2 Å². The fourth-order valence-electron chi connectivity index (χ4n) is 11.8. The van der Waals surface area contributed by atoms with E-state index < -0.39 is 11.9 Å². The fourth-order valence-corrected chi connectivity index (χ4v) is 11.8. The normalized spacial score (nSPS) is 14.7. The van der Waals surface area contributed by atoms with Gasteiger partial charge in [-0.25, -0.2) is 9.59 Å². The molecule has 2 aromatic carbocycles. The number of carbonyl (C=O) groups excluding carboxylic acids is 2. The minimum atomic E-state index is -0.403. The van der Waals surface area contributed by atoms with Crippen molar-refractivity contribution in [1.29, 1.82) is 0 Å². The van der Waals surface area contributed by atoms with Gasteiger partial charge in [-0.2, -0.15) is 0 Å². The standard InChI is InChI=1S/C74H66N8O6/c1-71(2)39-55-33-57-47(29-51(75-57)35-63-73(5,6)41-59(81-63)67(85-9)65-49(31-53(79-65)37-61(71)77-55)27-21-43-17-23-45(24-18-43)69(83)87-11)15-13-14-16-48-30-52-36-64-74(7,8)42-60(82-64)68(86-10)66-50(28-22-44-19-25-46(26-20-44)70(84)88-12)32-54(80-66)38-62-72(3,4)40-56(78-62)34-58(48)76-52/h17-20,23-26,29-38,75-76,79-80H,39-42H2,1-12H3. The van der Waals surface area contributed by atoms with Crippen LogP contribution in [-0.2, 0) is 56.8 Å². The lowest BCUT2D eigenvalue weighted by Crippen LogP contribution is -2.15. The summed E-state index contributed by atoms with van der Waals surface area (Å²) in [4.78, 5) is 59.9. The van der Waals surface area contributed by atoms with E-state index in [0.29, 0.717) is 48.3 Å². The van der Waals surface area contributed by atoms with E-state index in [2.05, 4.69) is 171 Å². The molecule has 0 spiro atoms. The van der Waals surface area contributed by atoms with Crippen molar-refractivity contribution in [3.05, 3.63) is 199 Å². The summed E-state index contributed by atoms with van der Waals surface area (Å²) in [6, 6.07) is 34.8. The van der Waals surface area contributed by atoms with Crippen molar-refractivity contribution in [2.24, 2.45) is 0 Å². The highest BCUT2D eigenvalue weighted by Crippen LogP contribution is 2.40. The summed E-state index contributed by atoms with van der Waals surface area (Å²) < 4.78 is 22.2. The van der Waals surface area contributed by atoms with Gasteiger partial charge in [0.05, 0.1) is 95.3 Å². The molecule has 0 amide bonds. The molecular formula is C74H66N8O6. The number of hydrogen-bond donors (Lipinski definition) is 4. The van der Waals surface area contributed by atoms with Crippen LogP contribution in [0.25, 0.3) is 44.1 Å². The molecule has 14 nitrogen and oxygen atoms in total. The number of esters is 2. The van der Waals surface area contributed by atoms with Gasteiger partial charge in [-0.05, 0) is 121 Å². The molecule has 88 heavy (non-hydrogen) atoms. The summed E-state index contributed by atoms with van der Waals surface area (Å²) in [7, 11) is 6.06. The third-order valence-electron chi connectivity index (χ3n) is 16.6. The minimum Gasteiger partial charge on any atom is -0.493 e. The molecule has 8 aromatic rings. The first kappa shape index (κ1) is 57.9. The van der Waals surface area contributed by atoms with Crippen LogP contribution in [0.5, 0.6) is 11.5 Å². The van der Waals surface area contributed by atoms with Crippen molar-refractivity contribution in [3.63, 3.8) is 0 Å². The number of nitrogens with zero attached hydrogens (tertiary/aromatic N) is 4. The summed E-state index contributed by atoms with van der Waals surface area (Å²) in [6.07, 6.45) is 2.63. The van der Waals surface area contributed by atoms with Crippen molar-refractivity contribution in [3.8, 4) is 58.9 Å². The van der Waals surface area contributed by atoms with E-state index in [-0.39, 0.29) is 21.7 Å². The quantitative estimate of drug-likeness (QED) is 0.0976. The first-order chi connectivity index (χ1) is 42.1. The highest BCUT2D eigenvalue weighted by atomic mass is 16.5. The van der Waals surface area contributed by atoms with Gasteiger partial charge >= 0.3 is 11.9 Å². The lowest BCUT2D eigenvalue weighted by Gasteiger charge is -2.16. The third-order valence-corrected chi connectivity index (χ3v) is 16.6. The number of rotatable bonds is 4. The number of H-pyrrole nitrogens is 4. The highest BCUT2D eigenvalue weighted by Gasteiger charge is 2.34. The Balaban J connectivity index is 0.961. The van der Waals surface area contributed by atoms with Gasteiger partial charge in [0, 0.05) is 115 Å². The molecule has 10 heterocycles. The maximum Gasteiger partial charge on any atom is 0.337 e. The zero-order chi connectivity index (χ0) is 61.9. The maximum atomic E-state index is 12.1. The van der Waals surface area contributed by atoms with Crippen LogP contribution in [0.15, 0.2) is 109 Å². The predicted octanol–water partition coefficient (Wildman–Crippen LogP) is 12.8. The van der Waals surface area contributed by atoms with Crippen molar-refractivity contribution in [2.75, 3.05) is 28.4 Å². The number of carbonyl (C=O) groups is 2. The van der Waals surface area contributed by atoms with E-state index in [1.807, 2.05) is 36.4 Å². The van der Waals surface area contributed by atoms with Crippen LogP contribution in [0.1, 0.15) is 155 Å². The summed E-state index contributed by atoms with van der Waals surface area (Å²) in [5.41, 5.74) is 17.5. The molecule has 0 saturated carbocycles. The molecule has 438 valence electrons. The van der Waals surface area contributed by atoms with Crippen LogP contribution >= 0.6 is 0 Å². The van der Waals surface area contributed by atoms with Crippen molar-refractivity contribution in [2.45, 2.75) is 103 Å². The summed E-state index contributed by atoms with van der Waals surface area (Å²) in [5, 5.41) is 0. The molecule has 0 atom stereocenters. The Morgan fingerprint density at radius 1 is 0.398 bits per heavy atom. The van der Waals surface area contributed by atoms with Gasteiger partial charge in [-0.3, -0.25) is 19.9 Å². The predicted molar refractivity (Wildman–Crippen MR) is 343 cm³/mol. The monoisotopic (exact) mass is 1160 g/mol. The van der Waals surface area contributed by atoms with E-state index in [1.165, 1.54) is 14.2 Å². The Hall–Kier alpha value is -10.5. The average molecular weight is 1160 g/mol. The number of nitrogens with one attached hydrogen (secondary N) is 4. The van der Waals surface area contributed by atoms with Gasteiger partial charge in [-0.1, -0.05) is 90.9 Å². The molecule has 16 bridgehead atoms. The van der Waals surface area contributed by atoms with Crippen molar-refractivity contribution in [1.82, 2.24) is 39.9 Å². The zero-order valence-corrected chi connectivity index (χ0v) is 51.5. The Bertz CT molecular complexity index is 4560. The van der Waals surface area contributed by atoms with Crippen molar-refractivity contribution < 1.29 is 28.5 Å². The van der Waals surface area contributed by atoms with Gasteiger partial charge < -0.3 is 38.9 Å². The van der Waals surface area contributed by atoms with Gasteiger partial charge in [0.1, 0.15) is 0 Å². The van der Waals surface area contributed by atoms with Gasteiger partial charge in [0.2, 0.25) is 0 Å². The highest BCUT2D eigenvalue weighted by molar-refractivity contribution is 5.90. The van der Waals surface area contributed by atoms with Crippen molar-refractivity contribution >= 4 is 56.1 Å². The molecule has 0 unspecified atom stereocenters. The molecule has 4 N–H and O–H groups in total. The first-order valence-electron chi connectivity index (χ1n) is 29.1. The Kier molecular flexibility index (Phi) is 14.7. The molecule has 0 aliphatic carbocycles. The Morgan fingerprint density at radius 2 is 0.739 bits per heavy atom. The van der Waals surface area contributed by atoms with E-state index in [9.17, 15) is 9.59 Å². The molecule has 0 radical (unpaired) electrons. The van der Waals surface area contributed by atoms with Crippen LogP contribution in [0.3, 0.4) is 0 Å². The van der Waals surface area contributed by atoms with Crippen LogP contribution in [0.2, 0.25) is 0 Å². The number of methoxy groups -OCH3 is 4. The largest absolute Gasteiger partial charge is 0.493 e. The third kappa shape index (κ3) is 11.5. The lowest BCUT2D eigenvalue weighted by molar-refractivity contribution is 0.0592. The van der Waals surface area contributed by atoms with Gasteiger partial charge in [0.25, 0.3) is 0 Å². The second-order valence-corrected chi connectivity index (χ2v) is 25.3. The number of benzene rings is 2. The van der Waals surface area contributed by atoms with E-state index in [4.69, 9.17) is 38.9 Å². The molecule has 4 aliphatic heterocycles. The summed E-state index contributed by atoms with van der Waals surface area (Å²) in [5.74, 6) is 27.0. The number of fused-ring (bicyclic) bond motifs is 16. The summed E-state index contributed by atoms with van der Waals surface area (Å²) in [6.45, 7) is 17.5. The number of hydrogen-bond acceptors (Lipinski definition) is 10. The molecule has 0 saturated heterocycles. The lowest BCUT2D eigenvalue weighted by atomic mass is 9.87. The van der Waals surface area contributed by atoms with Gasteiger partial charge in [0.15, 0.2) is 11.5 Å². The van der Waals surface area contributed by atoms with Crippen LogP contribution < -0.4 is 9.47 Å². The summed E-state index contributed by atoms with van der Waals surface area (Å²) >= 11 is 0. The Labute approximate surface area is 511 Å². The van der Waals surface area contributed by atoms with Gasteiger partial charge in [-0.15, -0.1) is 0 Å². The minimum absolute atomic E-state index is 0.300. The zero-order valence-electron chi connectivity index (χ0n) is 51.5. The van der Waals surface area contributed by atoms with Crippen LogP contribution in [0.4, 0.5) is 0 Å². The molecular weight excluding hydrogens is 1100 g/mol. The molecule has 6 aromatic heterocycles. The van der Waals surface area contributed by atoms with Crippen LogP contribution in [0, 0.1) is 47.4 Å². The maximum absolute atomic E-state index is 12.1. The molecule has 4 aliphatic rings. The second-order valence-electron chi connectivity index (χ2n) is 25.3. The second kappa shape index (κ2) is 22.4. The van der Waals surface area contributed by atoms with E-state index >= 15 is 0 Å². The molecule has 12 rings (SSSR count). The average Bonchev–Trinajstić information content (AvgIpc) is 1.76. The molecule has 14 heteroatoms. The Morgan fingerprint density at radius 3 is 1.10 bits per heavy atom. The number of ether oxygens (including phenoxy) is 4. The van der Waals surface area contributed by atoms with E-state index in [0.717, 1.165) is 123 Å². The molecule has 0 fully saturated rings. The smallest absolute Gasteiger partial charge is 0.337 e.